The average molecular weight is 448 g/mol. The lowest BCUT2D eigenvalue weighted by Gasteiger charge is -2.37. The fraction of sp³-hybridized carbons (Fsp3) is 0.524. The summed E-state index contributed by atoms with van der Waals surface area (Å²) in [6, 6.07) is 8.91. The molecule has 0 bridgehead atoms. The first-order chi connectivity index (χ1) is 14.6. The highest BCUT2D eigenvalue weighted by Gasteiger charge is 2.33. The minimum atomic E-state index is -3.69. The zero-order valence-electron chi connectivity index (χ0n) is 18.1. The van der Waals surface area contributed by atoms with E-state index in [4.69, 9.17) is 4.74 Å². The van der Waals surface area contributed by atoms with Gasteiger partial charge in [-0.3, -0.25) is 0 Å². The fourth-order valence-electron chi connectivity index (χ4n) is 3.65. The number of likely N-dealkylation sites (tertiary alicyclic amines) is 1. The number of aromatic nitrogens is 4. The molecule has 9 nitrogen and oxygen atoms in total. The number of sulfone groups is 1. The largest absolute Gasteiger partial charge is 0.444 e. The first-order valence-electron chi connectivity index (χ1n) is 10.3. The van der Waals surface area contributed by atoms with E-state index in [2.05, 4.69) is 22.1 Å². The molecule has 0 aliphatic carbocycles. The molecule has 31 heavy (non-hydrogen) atoms. The topological polar surface area (TPSA) is 107 Å². The standard InChI is InChI=1S/C21H29N5O4S/c1-5-16-15-25(20(27)30-21(2,3)4)13-11-17(16)12-14-31(28,29)19-22-23-24-26(19)18-9-7-6-8-10-18/h5-10,16-17H,1,11-15H2,2-4H3/t16-,17-/m0/s1. The van der Waals surface area contributed by atoms with Crippen molar-refractivity contribution in [2.24, 2.45) is 11.8 Å². The second-order valence-corrected chi connectivity index (χ2v) is 10.7. The maximum Gasteiger partial charge on any atom is 0.410 e. The van der Waals surface area contributed by atoms with Gasteiger partial charge in [-0.15, -0.1) is 6.58 Å². The van der Waals surface area contributed by atoms with Crippen molar-refractivity contribution in [2.45, 2.75) is 44.4 Å². The molecule has 1 aliphatic rings. The van der Waals surface area contributed by atoms with E-state index >= 15 is 0 Å². The van der Waals surface area contributed by atoms with Gasteiger partial charge in [0.05, 0.1) is 11.4 Å². The Kier molecular flexibility index (Phi) is 6.78. The van der Waals surface area contributed by atoms with Gasteiger partial charge in [0.1, 0.15) is 5.60 Å². The van der Waals surface area contributed by atoms with Gasteiger partial charge in [0.25, 0.3) is 5.16 Å². The molecule has 0 unspecified atom stereocenters. The van der Waals surface area contributed by atoms with Crippen molar-refractivity contribution in [2.75, 3.05) is 18.8 Å². The SMILES string of the molecule is C=C[C@H]1CN(C(=O)OC(C)(C)C)CC[C@H]1CCS(=O)(=O)c1nnnn1-c1ccccc1. The molecule has 0 N–H and O–H groups in total. The summed E-state index contributed by atoms with van der Waals surface area (Å²) in [6.45, 7) is 10.4. The van der Waals surface area contributed by atoms with Crippen molar-refractivity contribution in [1.29, 1.82) is 0 Å². The van der Waals surface area contributed by atoms with Crippen LogP contribution in [0.4, 0.5) is 4.79 Å². The average Bonchev–Trinajstić information content (AvgIpc) is 3.22. The molecule has 2 heterocycles. The number of ether oxygens (including phenoxy) is 1. The van der Waals surface area contributed by atoms with Crippen LogP contribution < -0.4 is 0 Å². The van der Waals surface area contributed by atoms with Crippen molar-refractivity contribution in [3.8, 4) is 5.69 Å². The number of benzene rings is 1. The van der Waals surface area contributed by atoms with Crippen molar-refractivity contribution in [3.63, 3.8) is 0 Å². The Balaban J connectivity index is 1.66. The predicted octanol–water partition coefficient (Wildman–Crippen LogP) is 2.89. The van der Waals surface area contributed by atoms with E-state index < -0.39 is 15.4 Å². The molecule has 1 amide bonds. The van der Waals surface area contributed by atoms with Crippen molar-refractivity contribution < 1.29 is 17.9 Å². The highest BCUT2D eigenvalue weighted by atomic mass is 32.2. The van der Waals surface area contributed by atoms with Gasteiger partial charge in [-0.1, -0.05) is 29.4 Å². The van der Waals surface area contributed by atoms with Crippen LogP contribution in [0.1, 0.15) is 33.6 Å². The maximum atomic E-state index is 13.0. The van der Waals surface area contributed by atoms with Crippen molar-refractivity contribution in [1.82, 2.24) is 25.1 Å². The van der Waals surface area contributed by atoms with Gasteiger partial charge >= 0.3 is 6.09 Å². The van der Waals surface area contributed by atoms with Gasteiger partial charge in [-0.2, -0.15) is 4.68 Å². The number of tetrazole rings is 1. The normalized spacial score (nSPS) is 19.8. The number of para-hydroxylation sites is 1. The number of nitrogens with zero attached hydrogens (tertiary/aromatic N) is 5. The van der Waals surface area contributed by atoms with Crippen LogP contribution in [0.15, 0.2) is 48.1 Å². The number of hydrogen-bond acceptors (Lipinski definition) is 7. The monoisotopic (exact) mass is 447 g/mol. The number of rotatable bonds is 6. The third-order valence-corrected chi connectivity index (χ3v) is 6.82. The van der Waals surface area contributed by atoms with Crippen LogP contribution in [0, 0.1) is 11.8 Å². The van der Waals surface area contributed by atoms with Crippen LogP contribution in [-0.2, 0) is 14.6 Å². The molecular formula is C21H29N5O4S. The van der Waals surface area contributed by atoms with Crippen LogP contribution in [-0.4, -0.2) is 64.1 Å². The second-order valence-electron chi connectivity index (χ2n) is 8.69. The Labute approximate surface area is 183 Å². The summed E-state index contributed by atoms with van der Waals surface area (Å²) in [5.74, 6) is -0.00428. The number of amides is 1. The van der Waals surface area contributed by atoms with Gasteiger partial charge in [0.15, 0.2) is 0 Å². The lowest BCUT2D eigenvalue weighted by molar-refractivity contribution is 0.0135. The summed E-state index contributed by atoms with van der Waals surface area (Å²) in [5, 5.41) is 11.0. The quantitative estimate of drug-likeness (QED) is 0.627. The predicted molar refractivity (Wildman–Crippen MR) is 115 cm³/mol. The number of carbonyl (C=O) groups excluding carboxylic acids is 1. The third-order valence-electron chi connectivity index (χ3n) is 5.24. The van der Waals surface area contributed by atoms with E-state index in [1.807, 2.05) is 26.8 Å². The van der Waals surface area contributed by atoms with Gasteiger partial charge in [0.2, 0.25) is 9.84 Å². The molecule has 2 atom stereocenters. The molecule has 1 aliphatic heterocycles. The van der Waals surface area contributed by atoms with Crippen molar-refractivity contribution in [3.05, 3.63) is 43.0 Å². The number of piperidine rings is 1. The molecule has 0 saturated carbocycles. The van der Waals surface area contributed by atoms with Crippen LogP contribution in [0.25, 0.3) is 5.69 Å². The molecular weight excluding hydrogens is 418 g/mol. The highest BCUT2D eigenvalue weighted by Crippen LogP contribution is 2.29. The zero-order chi connectivity index (χ0) is 22.6. The first-order valence-corrected chi connectivity index (χ1v) is 11.9. The molecule has 1 fully saturated rings. The van der Waals surface area contributed by atoms with E-state index in [0.717, 1.165) is 0 Å². The Bertz CT molecular complexity index is 1010. The Morgan fingerprint density at radius 3 is 2.65 bits per heavy atom. The summed E-state index contributed by atoms with van der Waals surface area (Å²) in [6.07, 6.45) is 2.55. The molecule has 10 heteroatoms. The van der Waals surface area contributed by atoms with E-state index in [1.54, 1.807) is 35.2 Å². The number of carbonyl (C=O) groups is 1. The molecule has 2 aromatic rings. The van der Waals surface area contributed by atoms with Gasteiger partial charge < -0.3 is 9.64 Å². The minimum Gasteiger partial charge on any atom is -0.444 e. The highest BCUT2D eigenvalue weighted by molar-refractivity contribution is 7.91. The maximum absolute atomic E-state index is 13.0. The summed E-state index contributed by atoms with van der Waals surface area (Å²) in [4.78, 5) is 14.0. The van der Waals surface area contributed by atoms with E-state index in [9.17, 15) is 13.2 Å². The Hall–Kier alpha value is -2.75. The van der Waals surface area contributed by atoms with Gasteiger partial charge in [0, 0.05) is 13.1 Å². The Morgan fingerprint density at radius 2 is 2.00 bits per heavy atom. The molecule has 0 spiro atoms. The second kappa shape index (κ2) is 9.17. The zero-order valence-corrected chi connectivity index (χ0v) is 19.0. The minimum absolute atomic E-state index is 0.0124. The fourth-order valence-corrected chi connectivity index (χ4v) is 5.01. The lowest BCUT2D eigenvalue weighted by atomic mass is 9.84. The summed E-state index contributed by atoms with van der Waals surface area (Å²) in [7, 11) is -3.69. The molecule has 3 rings (SSSR count). The first kappa shape index (κ1) is 22.9. The van der Waals surface area contributed by atoms with Crippen LogP contribution in [0.2, 0.25) is 0 Å². The van der Waals surface area contributed by atoms with E-state index in [0.29, 0.717) is 31.6 Å². The molecule has 1 saturated heterocycles. The van der Waals surface area contributed by atoms with Crippen molar-refractivity contribution >= 4 is 15.9 Å². The van der Waals surface area contributed by atoms with Gasteiger partial charge in [-0.05, 0) is 68.0 Å². The number of hydrogen-bond donors (Lipinski definition) is 0. The summed E-state index contributed by atoms with van der Waals surface area (Å²) < 4.78 is 32.7. The van der Waals surface area contributed by atoms with E-state index in [1.165, 1.54) is 4.68 Å². The molecule has 1 aromatic carbocycles. The molecule has 168 valence electrons. The summed E-state index contributed by atoms with van der Waals surface area (Å²) >= 11 is 0. The van der Waals surface area contributed by atoms with E-state index in [-0.39, 0.29) is 28.8 Å². The van der Waals surface area contributed by atoms with Crippen LogP contribution in [0.5, 0.6) is 0 Å². The lowest BCUT2D eigenvalue weighted by Crippen LogP contribution is -2.45. The third kappa shape index (κ3) is 5.69. The molecule has 0 radical (unpaired) electrons. The Morgan fingerprint density at radius 1 is 1.29 bits per heavy atom. The smallest absolute Gasteiger partial charge is 0.410 e. The van der Waals surface area contributed by atoms with Gasteiger partial charge in [-0.25, -0.2) is 13.2 Å². The van der Waals surface area contributed by atoms with Crippen LogP contribution >= 0.6 is 0 Å². The van der Waals surface area contributed by atoms with Crippen LogP contribution in [0.3, 0.4) is 0 Å². The molecule has 1 aromatic heterocycles. The summed E-state index contributed by atoms with van der Waals surface area (Å²) in [5.41, 5.74) is 0.0229.